The van der Waals surface area contributed by atoms with E-state index in [-0.39, 0.29) is 0 Å². The third kappa shape index (κ3) is 3.33. The fraction of sp³-hybridized carbons (Fsp3) is 0.320. The van der Waals surface area contributed by atoms with Crippen molar-refractivity contribution in [2.45, 2.75) is 47.1 Å². The molecule has 137 valence electrons. The van der Waals surface area contributed by atoms with Crippen molar-refractivity contribution in [3.63, 3.8) is 0 Å². The van der Waals surface area contributed by atoms with Gasteiger partial charge in [-0.2, -0.15) is 0 Å². The molecule has 0 saturated heterocycles. The van der Waals surface area contributed by atoms with Crippen molar-refractivity contribution in [2.24, 2.45) is 0 Å². The molecule has 27 heavy (non-hydrogen) atoms. The van der Waals surface area contributed by atoms with Crippen LogP contribution in [0.2, 0.25) is 13.1 Å². The van der Waals surface area contributed by atoms with E-state index in [1.807, 2.05) is 0 Å². The minimum absolute atomic E-state index is 0.698. The second-order valence-electron chi connectivity index (χ2n) is 8.87. The Morgan fingerprint density at radius 1 is 0.778 bits per heavy atom. The molecule has 0 aromatic heterocycles. The zero-order valence-corrected chi connectivity index (χ0v) is 19.9. The number of fused-ring (bicyclic) bond motifs is 2. The third-order valence-electron chi connectivity index (χ3n) is 6.58. The van der Waals surface area contributed by atoms with Crippen LogP contribution in [-0.4, -0.2) is 5.26 Å². The van der Waals surface area contributed by atoms with E-state index in [0.29, 0.717) is 7.35 Å². The van der Waals surface area contributed by atoms with E-state index >= 15 is 0 Å². The summed E-state index contributed by atoms with van der Waals surface area (Å²) < 4.78 is 1.40. The van der Waals surface area contributed by atoms with E-state index in [9.17, 15) is 0 Å². The fourth-order valence-electron chi connectivity index (χ4n) is 5.42. The normalized spacial score (nSPS) is 20.8. The van der Waals surface area contributed by atoms with Crippen LogP contribution < -0.4 is 0 Å². The van der Waals surface area contributed by atoms with Gasteiger partial charge in [0.05, 0.1) is 0 Å². The first-order valence-corrected chi connectivity index (χ1v) is 18.5. The first-order valence-electron chi connectivity index (χ1n) is 10.4. The van der Waals surface area contributed by atoms with Crippen LogP contribution in [0.3, 0.4) is 0 Å². The summed E-state index contributed by atoms with van der Waals surface area (Å²) in [5.41, 5.74) is 9.55. The van der Waals surface area contributed by atoms with E-state index < -0.39 is 25.9 Å². The molecule has 0 bridgehead atoms. The zero-order chi connectivity index (χ0) is 19.2. The monoisotopic (exact) mass is 403 g/mol. The van der Waals surface area contributed by atoms with Crippen molar-refractivity contribution < 1.29 is 20.6 Å². The predicted octanol–water partition coefficient (Wildman–Crippen LogP) is 7.28. The molecule has 4 rings (SSSR count). The molecule has 2 aromatic rings. The van der Waals surface area contributed by atoms with E-state index in [1.165, 1.54) is 24.0 Å². The molecule has 0 nitrogen and oxygen atoms in total. The molecule has 2 aliphatic carbocycles. The van der Waals surface area contributed by atoms with Gasteiger partial charge in [0.2, 0.25) is 0 Å². The first kappa shape index (κ1) is 19.3. The molecular formula is C25H30ScSi. The Morgan fingerprint density at radius 3 is 1.56 bits per heavy atom. The van der Waals surface area contributed by atoms with Crippen molar-refractivity contribution in [1.29, 1.82) is 0 Å². The van der Waals surface area contributed by atoms with Crippen LogP contribution in [0.4, 0.5) is 0 Å². The molecule has 0 fully saturated rings. The van der Waals surface area contributed by atoms with Gasteiger partial charge in [0.1, 0.15) is 0 Å². The molecule has 0 heterocycles. The summed E-state index contributed by atoms with van der Waals surface area (Å²) in [6, 6.07) is 18.3. The van der Waals surface area contributed by atoms with Gasteiger partial charge >= 0.3 is 174 Å². The molecule has 1 radical (unpaired) electrons. The average molecular weight is 404 g/mol. The van der Waals surface area contributed by atoms with Crippen LogP contribution >= 0.6 is 0 Å². The maximum atomic E-state index is 4.91. The molecule has 0 amide bonds. The van der Waals surface area contributed by atoms with Crippen LogP contribution in [0.1, 0.15) is 56.3 Å². The first-order chi connectivity index (χ1) is 13.0. The van der Waals surface area contributed by atoms with Gasteiger partial charge in [-0.05, 0) is 0 Å². The molecule has 2 aromatic carbocycles. The van der Waals surface area contributed by atoms with Gasteiger partial charge in [-0.3, -0.25) is 0 Å². The Hall–Kier alpha value is -0.993. The molecule has 2 atom stereocenters. The Kier molecular flexibility index (Phi) is 5.33. The summed E-state index contributed by atoms with van der Waals surface area (Å²) in [4.78, 5) is 0. The predicted molar refractivity (Wildman–Crippen MR) is 118 cm³/mol. The molecular weight excluding hydrogens is 373 g/mol. The second kappa shape index (κ2) is 7.44. The SMILES string of the molecule is [CH2][Si](C)(C)[Sc]([CH]1C(CC)=Cc2ccccc21)[CH]1C(CC)=Cc2ccccc21. The Labute approximate surface area is 172 Å². The molecule has 2 heteroatoms. The molecule has 0 N–H and O–H groups in total. The van der Waals surface area contributed by atoms with Crippen molar-refractivity contribution in [1.82, 2.24) is 0 Å². The maximum absolute atomic E-state index is 4.91. The van der Waals surface area contributed by atoms with Crippen LogP contribution in [0.5, 0.6) is 0 Å². The fourth-order valence-corrected chi connectivity index (χ4v) is 24.2. The number of rotatable bonds is 5. The van der Waals surface area contributed by atoms with Gasteiger partial charge in [0.15, 0.2) is 0 Å². The van der Waals surface area contributed by atoms with Crippen molar-refractivity contribution >= 4 is 17.4 Å². The van der Waals surface area contributed by atoms with Crippen LogP contribution in [0.15, 0.2) is 59.7 Å². The molecule has 0 spiro atoms. The van der Waals surface area contributed by atoms with Crippen molar-refractivity contribution in [2.75, 3.05) is 0 Å². The van der Waals surface area contributed by atoms with Gasteiger partial charge in [0, 0.05) is 0 Å². The molecule has 0 aliphatic heterocycles. The topological polar surface area (TPSA) is 0 Å². The standard InChI is InChI=1S/2C11H11.C3H8Si.Sc/c2*1-2-9-7-10-5-3-4-6-11(10)8-9;1-4(2)3;/h2*3-8H,2H2,1H3;1H2,2-3H3;. The summed E-state index contributed by atoms with van der Waals surface area (Å²) in [7, 11) is 0. The van der Waals surface area contributed by atoms with E-state index in [2.05, 4.69) is 87.6 Å². The Morgan fingerprint density at radius 2 is 1.19 bits per heavy atom. The number of benzene rings is 2. The Balaban J connectivity index is 1.89. The number of allylic oxidation sites excluding steroid dienone is 2. The zero-order valence-electron chi connectivity index (χ0n) is 17.1. The van der Waals surface area contributed by atoms with Gasteiger partial charge in [-0.1, -0.05) is 0 Å². The van der Waals surface area contributed by atoms with Crippen LogP contribution in [0, 0.1) is 6.55 Å². The summed E-state index contributed by atoms with van der Waals surface area (Å²) >= 11 is -1.91. The van der Waals surface area contributed by atoms with E-state index in [1.54, 1.807) is 22.3 Å². The van der Waals surface area contributed by atoms with Gasteiger partial charge in [0.25, 0.3) is 0 Å². The van der Waals surface area contributed by atoms with Crippen LogP contribution in [0.25, 0.3) is 12.2 Å². The molecule has 2 aliphatic rings. The summed E-state index contributed by atoms with van der Waals surface area (Å²) in [6.07, 6.45) is 7.36. The van der Waals surface area contributed by atoms with Crippen LogP contribution in [-0.2, 0) is 20.6 Å². The second-order valence-corrected chi connectivity index (χ2v) is 26.6. The van der Waals surface area contributed by atoms with E-state index in [4.69, 9.17) is 6.55 Å². The van der Waals surface area contributed by atoms with Crippen molar-refractivity contribution in [3.8, 4) is 0 Å². The minimum atomic E-state index is -1.91. The number of hydrogen-bond acceptors (Lipinski definition) is 0. The Bertz CT molecular complexity index is 846. The summed E-state index contributed by atoms with van der Waals surface area (Å²) in [5, 5.41) is -1.51. The summed E-state index contributed by atoms with van der Waals surface area (Å²) in [5.74, 6) is 0. The van der Waals surface area contributed by atoms with E-state index in [0.717, 1.165) is 0 Å². The van der Waals surface area contributed by atoms with Gasteiger partial charge < -0.3 is 0 Å². The number of hydrogen-bond donors (Lipinski definition) is 0. The average Bonchev–Trinajstić information content (AvgIpc) is 3.20. The van der Waals surface area contributed by atoms with Crippen molar-refractivity contribution in [3.05, 3.63) is 88.5 Å². The molecule has 2 unspecified atom stereocenters. The quantitative estimate of drug-likeness (QED) is 0.460. The van der Waals surface area contributed by atoms with Gasteiger partial charge in [-0.25, -0.2) is 0 Å². The summed E-state index contributed by atoms with van der Waals surface area (Å²) in [6.45, 7) is 14.7. The third-order valence-corrected chi connectivity index (χ3v) is 24.3. The van der Waals surface area contributed by atoms with Gasteiger partial charge in [-0.15, -0.1) is 0 Å². The molecule has 0 saturated carbocycles.